The van der Waals surface area contributed by atoms with Gasteiger partial charge in [-0.3, -0.25) is 14.4 Å². The second-order valence-corrected chi connectivity index (χ2v) is 15.0. The highest BCUT2D eigenvalue weighted by molar-refractivity contribution is 6.01. The maximum absolute atomic E-state index is 14.4. The van der Waals surface area contributed by atoms with E-state index < -0.39 is 16.2 Å². The summed E-state index contributed by atoms with van der Waals surface area (Å²) in [6, 6.07) is 0. The summed E-state index contributed by atoms with van der Waals surface area (Å²) in [5, 5.41) is 10.4. The summed E-state index contributed by atoms with van der Waals surface area (Å²) in [6.45, 7) is 17.2. The Kier molecular flexibility index (Phi) is 5.73. The van der Waals surface area contributed by atoms with Gasteiger partial charge in [0.05, 0.1) is 24.5 Å². The van der Waals surface area contributed by atoms with Crippen molar-refractivity contribution in [1.29, 1.82) is 0 Å². The first-order chi connectivity index (χ1) is 17.1. The highest BCUT2D eigenvalue weighted by atomic mass is 16.5. The summed E-state index contributed by atoms with van der Waals surface area (Å²) < 4.78 is 5.41. The lowest BCUT2D eigenvalue weighted by Gasteiger charge is -2.69. The van der Waals surface area contributed by atoms with E-state index in [0.717, 1.165) is 50.5 Å². The number of allylic oxidation sites excluding steroid dienone is 3. The monoisotopic (exact) mass is 510 g/mol. The average molecular weight is 511 g/mol. The molecule has 0 aromatic carbocycles. The number of hydrogen-bond acceptors (Lipinski definition) is 5. The first-order valence-corrected chi connectivity index (χ1v) is 14.2. The molecule has 5 nitrogen and oxygen atoms in total. The molecule has 0 amide bonds. The van der Waals surface area contributed by atoms with E-state index in [1.165, 1.54) is 7.11 Å². The van der Waals surface area contributed by atoms with Crippen molar-refractivity contribution < 1.29 is 24.2 Å². The van der Waals surface area contributed by atoms with E-state index in [0.29, 0.717) is 12.0 Å². The van der Waals surface area contributed by atoms with Crippen molar-refractivity contribution in [2.45, 2.75) is 92.9 Å². The number of Topliss-reactive ketones (excluding diaryl/α,β-unsaturated/α-hetero) is 1. The number of aliphatic hydroxyl groups is 1. The maximum atomic E-state index is 14.4. The number of esters is 1. The van der Waals surface area contributed by atoms with Gasteiger partial charge in [0, 0.05) is 5.92 Å². The summed E-state index contributed by atoms with van der Waals surface area (Å²) in [4.78, 5) is 41.0. The van der Waals surface area contributed by atoms with Crippen LogP contribution in [0.2, 0.25) is 0 Å². The number of fused-ring (bicyclic) bond motifs is 7. The smallest absolute Gasteiger partial charge is 0.312 e. The molecule has 0 aromatic heterocycles. The van der Waals surface area contributed by atoms with Gasteiger partial charge in [-0.05, 0) is 103 Å². The van der Waals surface area contributed by atoms with Gasteiger partial charge in [0.25, 0.3) is 0 Å². The van der Waals surface area contributed by atoms with Gasteiger partial charge in [-0.15, -0.1) is 0 Å². The minimum Gasteiger partial charge on any atom is -0.469 e. The van der Waals surface area contributed by atoms with Crippen molar-refractivity contribution in [1.82, 2.24) is 0 Å². The van der Waals surface area contributed by atoms with Gasteiger partial charge >= 0.3 is 5.97 Å². The summed E-state index contributed by atoms with van der Waals surface area (Å²) in [6.07, 6.45) is 8.31. The van der Waals surface area contributed by atoms with Crippen molar-refractivity contribution in [2.75, 3.05) is 13.7 Å². The fraction of sp³-hybridized carbons (Fsp3) is 0.781. The molecule has 5 aliphatic rings. The van der Waals surface area contributed by atoms with E-state index in [2.05, 4.69) is 41.2 Å². The van der Waals surface area contributed by atoms with Crippen LogP contribution in [0, 0.1) is 50.2 Å². The normalized spacial score (nSPS) is 48.7. The fourth-order valence-corrected chi connectivity index (χ4v) is 10.5. The molecule has 0 aromatic rings. The molecule has 0 radical (unpaired) electrons. The first-order valence-electron chi connectivity index (χ1n) is 14.2. The van der Waals surface area contributed by atoms with E-state index in [4.69, 9.17) is 4.74 Å². The molecular formula is C32H46O5. The van der Waals surface area contributed by atoms with Crippen LogP contribution in [0.15, 0.2) is 23.8 Å². The third-order valence-corrected chi connectivity index (χ3v) is 12.8. The SMILES string of the molecule is C=C1C[C@]2(C)C3=CC(=O)[C@@H]4[C@@H]5CC(C)(C)CC[C@]5(C(=O)OC)CC[C@@]4(C)[C@]3(C)CC[C@H]2[C@@](C)(CO)C1=O. The van der Waals surface area contributed by atoms with Gasteiger partial charge in [-0.1, -0.05) is 46.8 Å². The molecule has 37 heavy (non-hydrogen) atoms. The average Bonchev–Trinajstić information content (AvgIpc) is 2.83. The van der Waals surface area contributed by atoms with Crippen molar-refractivity contribution in [3.63, 3.8) is 0 Å². The van der Waals surface area contributed by atoms with Crippen LogP contribution >= 0.6 is 0 Å². The van der Waals surface area contributed by atoms with Crippen LogP contribution in [0.5, 0.6) is 0 Å². The molecule has 204 valence electrons. The maximum Gasteiger partial charge on any atom is 0.312 e. The van der Waals surface area contributed by atoms with Crippen LogP contribution in [-0.4, -0.2) is 36.4 Å². The Morgan fingerprint density at radius 2 is 1.70 bits per heavy atom. The van der Waals surface area contributed by atoms with Crippen LogP contribution in [0.3, 0.4) is 0 Å². The highest BCUT2D eigenvalue weighted by Gasteiger charge is 2.71. The van der Waals surface area contributed by atoms with Gasteiger partial charge in [0.2, 0.25) is 0 Å². The zero-order chi connectivity index (χ0) is 27.4. The van der Waals surface area contributed by atoms with Gasteiger partial charge in [0.1, 0.15) is 0 Å². The van der Waals surface area contributed by atoms with Crippen molar-refractivity contribution >= 4 is 17.5 Å². The van der Waals surface area contributed by atoms with Crippen LogP contribution in [0.1, 0.15) is 92.9 Å². The minimum atomic E-state index is -0.882. The summed E-state index contributed by atoms with van der Waals surface area (Å²) in [7, 11) is 1.49. The molecule has 1 N–H and O–H groups in total. The Balaban J connectivity index is 1.67. The molecular weight excluding hydrogens is 464 g/mol. The van der Waals surface area contributed by atoms with Crippen LogP contribution in [0.4, 0.5) is 0 Å². The highest BCUT2D eigenvalue weighted by Crippen LogP contribution is 2.75. The predicted octanol–water partition coefficient (Wildman–Crippen LogP) is 5.85. The van der Waals surface area contributed by atoms with Gasteiger partial charge in [0.15, 0.2) is 11.6 Å². The zero-order valence-electron chi connectivity index (χ0n) is 24.0. The Bertz CT molecular complexity index is 1120. The van der Waals surface area contributed by atoms with E-state index in [9.17, 15) is 19.5 Å². The van der Waals surface area contributed by atoms with Crippen LogP contribution in [0.25, 0.3) is 0 Å². The van der Waals surface area contributed by atoms with Crippen LogP contribution < -0.4 is 0 Å². The lowest BCUT2D eigenvalue weighted by molar-refractivity contribution is -0.192. The molecule has 5 rings (SSSR count). The van der Waals surface area contributed by atoms with Crippen molar-refractivity contribution in [2.24, 2.45) is 50.2 Å². The van der Waals surface area contributed by atoms with Crippen molar-refractivity contribution in [3.8, 4) is 0 Å². The topological polar surface area (TPSA) is 80.7 Å². The molecule has 5 heteroatoms. The standard InChI is InChI=1S/C32H46O5/c1-19-16-28(4)22(29(5,18-33)25(19)35)9-10-30(6)23(28)15-21(34)24-20-17-27(2,3)11-13-32(20,26(36)37-8)14-12-31(24,30)7/h15,20,22,24,33H,1,9-14,16-18H2,2-8H3/t20-,22+,24-,28-,29+,30+,31+,32-/m0/s1. The molecule has 0 saturated heterocycles. The number of ether oxygens (including phenoxy) is 1. The van der Waals surface area contributed by atoms with Crippen LogP contribution in [-0.2, 0) is 19.1 Å². The molecule has 0 bridgehead atoms. The van der Waals surface area contributed by atoms with E-state index >= 15 is 0 Å². The number of carbonyl (C=O) groups excluding carboxylic acids is 3. The molecule has 5 aliphatic carbocycles. The number of aliphatic hydroxyl groups excluding tert-OH is 1. The van der Waals surface area contributed by atoms with E-state index in [1.807, 2.05) is 13.0 Å². The lowest BCUT2D eigenvalue weighted by atomic mass is 9.33. The number of carbonyl (C=O) groups is 3. The van der Waals surface area contributed by atoms with Gasteiger partial charge < -0.3 is 9.84 Å². The Morgan fingerprint density at radius 3 is 2.32 bits per heavy atom. The number of hydrogen-bond donors (Lipinski definition) is 1. The molecule has 4 fully saturated rings. The molecule has 4 saturated carbocycles. The largest absolute Gasteiger partial charge is 0.469 e. The van der Waals surface area contributed by atoms with E-state index in [-0.39, 0.29) is 58.1 Å². The number of ketones is 2. The molecule has 0 aliphatic heterocycles. The van der Waals surface area contributed by atoms with Gasteiger partial charge in [-0.25, -0.2) is 0 Å². The quantitative estimate of drug-likeness (QED) is 0.372. The Labute approximate surface area is 222 Å². The summed E-state index contributed by atoms with van der Waals surface area (Å²) in [5.41, 5.74) is -0.646. The Morgan fingerprint density at radius 1 is 1.05 bits per heavy atom. The molecule has 0 spiro atoms. The lowest BCUT2D eigenvalue weighted by Crippen LogP contribution is -2.66. The molecule has 0 heterocycles. The zero-order valence-corrected chi connectivity index (χ0v) is 24.0. The third-order valence-electron chi connectivity index (χ3n) is 12.8. The second kappa shape index (κ2) is 7.90. The predicted molar refractivity (Wildman–Crippen MR) is 142 cm³/mol. The summed E-state index contributed by atoms with van der Waals surface area (Å²) >= 11 is 0. The minimum absolute atomic E-state index is 0.0298. The first kappa shape index (κ1) is 26.8. The fourth-order valence-electron chi connectivity index (χ4n) is 10.5. The molecule has 0 unspecified atom stereocenters. The number of rotatable bonds is 2. The molecule has 8 atom stereocenters. The van der Waals surface area contributed by atoms with E-state index in [1.54, 1.807) is 0 Å². The third kappa shape index (κ3) is 3.16. The second-order valence-electron chi connectivity index (χ2n) is 15.0. The van der Waals surface area contributed by atoms with Crippen molar-refractivity contribution in [3.05, 3.63) is 23.8 Å². The van der Waals surface area contributed by atoms with Gasteiger partial charge in [-0.2, -0.15) is 0 Å². The Hall–Kier alpha value is -1.75. The summed E-state index contributed by atoms with van der Waals surface area (Å²) in [5.74, 6) is -0.341. The number of methoxy groups -OCH3 is 1.